The Hall–Kier alpha value is -2.04. The SMILES string of the molecule is Nc1c(-c2ccncc2)[nH][nH]c1=O. The molecule has 0 spiro atoms. The summed E-state index contributed by atoms with van der Waals surface area (Å²) in [6, 6.07) is 3.55. The van der Waals surface area contributed by atoms with Gasteiger partial charge in [0.05, 0.1) is 5.69 Å². The van der Waals surface area contributed by atoms with Gasteiger partial charge in [0, 0.05) is 18.0 Å². The minimum atomic E-state index is -0.299. The first-order valence-electron chi connectivity index (χ1n) is 3.75. The maximum atomic E-state index is 11.0. The molecule has 0 amide bonds. The summed E-state index contributed by atoms with van der Waals surface area (Å²) in [7, 11) is 0. The number of pyridine rings is 1. The van der Waals surface area contributed by atoms with Gasteiger partial charge in [0.15, 0.2) is 0 Å². The number of nitrogen functional groups attached to an aromatic ring is 1. The molecule has 0 saturated heterocycles. The van der Waals surface area contributed by atoms with Crippen molar-refractivity contribution >= 4 is 5.69 Å². The second-order valence-electron chi connectivity index (χ2n) is 2.60. The number of hydrogen-bond acceptors (Lipinski definition) is 3. The minimum absolute atomic E-state index is 0.200. The van der Waals surface area contributed by atoms with Crippen LogP contribution in [0, 0.1) is 0 Å². The van der Waals surface area contributed by atoms with Gasteiger partial charge >= 0.3 is 0 Å². The van der Waals surface area contributed by atoms with Gasteiger partial charge in [0.2, 0.25) is 0 Å². The molecular formula is C8H8N4O. The van der Waals surface area contributed by atoms with E-state index in [4.69, 9.17) is 5.73 Å². The molecule has 0 bridgehead atoms. The zero-order valence-electron chi connectivity index (χ0n) is 6.74. The molecule has 0 aliphatic rings. The summed E-state index contributed by atoms with van der Waals surface area (Å²) < 4.78 is 0. The fourth-order valence-corrected chi connectivity index (χ4v) is 1.11. The summed E-state index contributed by atoms with van der Waals surface area (Å²) >= 11 is 0. The molecule has 0 radical (unpaired) electrons. The molecule has 2 heterocycles. The highest BCUT2D eigenvalue weighted by atomic mass is 16.1. The van der Waals surface area contributed by atoms with Crippen LogP contribution in [-0.2, 0) is 0 Å². The number of nitrogens with two attached hydrogens (primary N) is 1. The van der Waals surface area contributed by atoms with Crippen molar-refractivity contribution in [2.75, 3.05) is 5.73 Å². The van der Waals surface area contributed by atoms with E-state index in [0.29, 0.717) is 5.69 Å². The summed E-state index contributed by atoms with van der Waals surface area (Å²) in [4.78, 5) is 14.9. The Bertz CT molecular complexity index is 456. The molecule has 5 nitrogen and oxygen atoms in total. The lowest BCUT2D eigenvalue weighted by atomic mass is 10.2. The number of aromatic nitrogens is 3. The zero-order valence-corrected chi connectivity index (χ0v) is 6.74. The lowest BCUT2D eigenvalue weighted by Crippen LogP contribution is -2.04. The predicted molar refractivity (Wildman–Crippen MR) is 49.1 cm³/mol. The van der Waals surface area contributed by atoms with Crippen LogP contribution in [-0.4, -0.2) is 15.2 Å². The van der Waals surface area contributed by atoms with Gasteiger partial charge in [-0.15, -0.1) is 0 Å². The number of hydrogen-bond donors (Lipinski definition) is 3. The highest BCUT2D eigenvalue weighted by Crippen LogP contribution is 2.18. The highest BCUT2D eigenvalue weighted by molar-refractivity contribution is 5.71. The molecule has 0 aromatic carbocycles. The Morgan fingerprint density at radius 2 is 1.92 bits per heavy atom. The van der Waals surface area contributed by atoms with Crippen LogP contribution in [0.3, 0.4) is 0 Å². The molecule has 0 atom stereocenters. The smallest absolute Gasteiger partial charge is 0.287 e. The Balaban J connectivity index is 2.60. The predicted octanol–water partition coefficient (Wildman–Crippen LogP) is 0.347. The quantitative estimate of drug-likeness (QED) is 0.585. The van der Waals surface area contributed by atoms with E-state index in [1.165, 1.54) is 0 Å². The summed E-state index contributed by atoms with van der Waals surface area (Å²) in [6.07, 6.45) is 3.28. The third-order valence-electron chi connectivity index (χ3n) is 1.78. The van der Waals surface area contributed by atoms with Crippen molar-refractivity contribution in [3.63, 3.8) is 0 Å². The molecule has 0 aliphatic heterocycles. The largest absolute Gasteiger partial charge is 0.392 e. The highest BCUT2D eigenvalue weighted by Gasteiger charge is 2.06. The summed E-state index contributed by atoms with van der Waals surface area (Å²) in [5, 5.41) is 5.11. The van der Waals surface area contributed by atoms with Gasteiger partial charge in [-0.3, -0.25) is 20.0 Å². The molecule has 0 fully saturated rings. The van der Waals surface area contributed by atoms with Gasteiger partial charge in [-0.2, -0.15) is 0 Å². The van der Waals surface area contributed by atoms with E-state index < -0.39 is 0 Å². The maximum absolute atomic E-state index is 11.0. The topological polar surface area (TPSA) is 87.6 Å². The standard InChI is InChI=1S/C8H8N4O/c9-6-7(11-12-8(6)13)5-1-3-10-4-2-5/h1-4H,9H2,(H2,11,12,13). The molecule has 5 heteroatoms. The third kappa shape index (κ3) is 1.20. The molecule has 4 N–H and O–H groups in total. The van der Waals surface area contributed by atoms with Crippen molar-refractivity contribution in [3.8, 4) is 11.3 Å². The lowest BCUT2D eigenvalue weighted by Gasteiger charge is -1.96. The molecular weight excluding hydrogens is 168 g/mol. The van der Waals surface area contributed by atoms with Crippen LogP contribution in [0.5, 0.6) is 0 Å². The van der Waals surface area contributed by atoms with E-state index in [9.17, 15) is 4.79 Å². The maximum Gasteiger partial charge on any atom is 0.287 e. The van der Waals surface area contributed by atoms with Crippen molar-refractivity contribution in [2.24, 2.45) is 0 Å². The first-order chi connectivity index (χ1) is 6.29. The van der Waals surface area contributed by atoms with Gasteiger partial charge in [-0.05, 0) is 12.1 Å². The van der Waals surface area contributed by atoms with Crippen LogP contribution in [0.4, 0.5) is 5.69 Å². The summed E-state index contributed by atoms with van der Waals surface area (Å²) in [5.74, 6) is 0. The van der Waals surface area contributed by atoms with E-state index >= 15 is 0 Å². The molecule has 2 aromatic rings. The third-order valence-corrected chi connectivity index (χ3v) is 1.78. The molecule has 2 aromatic heterocycles. The van der Waals surface area contributed by atoms with Crippen LogP contribution in [0.15, 0.2) is 29.3 Å². The van der Waals surface area contributed by atoms with Crippen molar-refractivity contribution in [1.82, 2.24) is 15.2 Å². The normalized spacial score (nSPS) is 10.2. The van der Waals surface area contributed by atoms with E-state index in [1.807, 2.05) is 0 Å². The Kier molecular flexibility index (Phi) is 1.63. The number of rotatable bonds is 1. The monoisotopic (exact) mass is 176 g/mol. The second-order valence-corrected chi connectivity index (χ2v) is 2.60. The summed E-state index contributed by atoms with van der Waals surface area (Å²) in [5.41, 5.74) is 6.88. The van der Waals surface area contributed by atoms with Gasteiger partial charge < -0.3 is 5.73 Å². The Morgan fingerprint density at radius 1 is 1.23 bits per heavy atom. The van der Waals surface area contributed by atoms with Gasteiger partial charge in [-0.1, -0.05) is 0 Å². The van der Waals surface area contributed by atoms with Crippen molar-refractivity contribution in [2.45, 2.75) is 0 Å². The number of anilines is 1. The van der Waals surface area contributed by atoms with E-state index in [1.54, 1.807) is 24.5 Å². The molecule has 13 heavy (non-hydrogen) atoms. The average Bonchev–Trinajstić information content (AvgIpc) is 2.49. The van der Waals surface area contributed by atoms with Crippen molar-refractivity contribution in [3.05, 3.63) is 34.9 Å². The molecule has 66 valence electrons. The van der Waals surface area contributed by atoms with Crippen LogP contribution in [0.2, 0.25) is 0 Å². The lowest BCUT2D eigenvalue weighted by molar-refractivity contribution is 1.06. The van der Waals surface area contributed by atoms with Crippen molar-refractivity contribution < 1.29 is 0 Å². The fourth-order valence-electron chi connectivity index (χ4n) is 1.11. The van der Waals surface area contributed by atoms with Gasteiger partial charge in [-0.25, -0.2) is 0 Å². The first kappa shape index (κ1) is 7.60. The molecule has 0 unspecified atom stereocenters. The van der Waals surface area contributed by atoms with E-state index in [2.05, 4.69) is 15.2 Å². The van der Waals surface area contributed by atoms with E-state index in [-0.39, 0.29) is 11.2 Å². The van der Waals surface area contributed by atoms with Gasteiger partial charge in [0.1, 0.15) is 5.69 Å². The summed E-state index contributed by atoms with van der Waals surface area (Å²) in [6.45, 7) is 0. The Labute approximate surface area is 73.6 Å². The number of nitrogens with one attached hydrogen (secondary N) is 2. The van der Waals surface area contributed by atoms with E-state index in [0.717, 1.165) is 5.56 Å². The van der Waals surface area contributed by atoms with Crippen LogP contribution < -0.4 is 11.3 Å². The zero-order chi connectivity index (χ0) is 9.26. The van der Waals surface area contributed by atoms with Gasteiger partial charge in [0.25, 0.3) is 5.56 Å². The molecule has 0 aliphatic carbocycles. The number of nitrogens with zero attached hydrogens (tertiary/aromatic N) is 1. The van der Waals surface area contributed by atoms with Crippen LogP contribution in [0.1, 0.15) is 0 Å². The fraction of sp³-hybridized carbons (Fsp3) is 0. The molecule has 0 saturated carbocycles. The second kappa shape index (κ2) is 2.78. The average molecular weight is 176 g/mol. The minimum Gasteiger partial charge on any atom is -0.392 e. The number of aromatic amines is 2. The van der Waals surface area contributed by atoms with Crippen LogP contribution in [0.25, 0.3) is 11.3 Å². The Morgan fingerprint density at radius 3 is 2.46 bits per heavy atom. The first-order valence-corrected chi connectivity index (χ1v) is 3.75. The number of H-pyrrole nitrogens is 2. The molecule has 2 rings (SSSR count). The van der Waals surface area contributed by atoms with Crippen molar-refractivity contribution in [1.29, 1.82) is 0 Å². The van der Waals surface area contributed by atoms with Crippen LogP contribution >= 0.6 is 0 Å².